The molecule has 1 saturated heterocycles. The van der Waals surface area contributed by atoms with Gasteiger partial charge in [-0.25, -0.2) is 4.39 Å². The van der Waals surface area contributed by atoms with E-state index in [4.69, 9.17) is 9.47 Å². The molecule has 104 valence electrons. The molecule has 1 N–H and O–H groups in total. The Labute approximate surface area is 112 Å². The van der Waals surface area contributed by atoms with Gasteiger partial charge in [0, 0.05) is 11.5 Å². The van der Waals surface area contributed by atoms with Crippen molar-refractivity contribution in [1.82, 2.24) is 0 Å². The third kappa shape index (κ3) is 3.55. The van der Waals surface area contributed by atoms with Crippen LogP contribution in [0.15, 0.2) is 24.3 Å². The van der Waals surface area contributed by atoms with Crippen LogP contribution in [0.3, 0.4) is 0 Å². The zero-order valence-electron chi connectivity index (χ0n) is 11.4. The molecule has 19 heavy (non-hydrogen) atoms. The molecule has 0 amide bonds. The molecular weight excluding hydrogens is 247 g/mol. The lowest BCUT2D eigenvalue weighted by atomic mass is 10.0. The molecule has 2 rings (SSSR count). The monoisotopic (exact) mass is 266 g/mol. The van der Waals surface area contributed by atoms with Crippen LogP contribution in [0.4, 0.5) is 4.39 Å². The summed E-state index contributed by atoms with van der Waals surface area (Å²) in [5, 5.41) is 9.62. The molecule has 3 nitrogen and oxygen atoms in total. The SMILES string of the molecule is CC(/C=C\c1cc(F)ccc1O)[C@@H]1COC(C)(C)O1. The molecule has 0 aromatic heterocycles. The van der Waals surface area contributed by atoms with Crippen molar-refractivity contribution in [2.45, 2.75) is 32.7 Å². The molecular formula is C15H19FO3. The number of benzene rings is 1. The molecule has 4 heteroatoms. The molecule has 0 bridgehead atoms. The van der Waals surface area contributed by atoms with Gasteiger partial charge in [-0.05, 0) is 32.0 Å². The number of hydrogen-bond donors (Lipinski definition) is 1. The predicted octanol–water partition coefficient (Wildman–Crippen LogP) is 3.33. The molecule has 1 aliphatic rings. The summed E-state index contributed by atoms with van der Waals surface area (Å²) in [6.45, 7) is 6.29. The number of hydrogen-bond acceptors (Lipinski definition) is 3. The second-order valence-electron chi connectivity index (χ2n) is 5.29. The second kappa shape index (κ2) is 5.31. The molecule has 1 aromatic carbocycles. The maximum absolute atomic E-state index is 13.1. The van der Waals surface area contributed by atoms with E-state index in [0.29, 0.717) is 12.2 Å². The minimum Gasteiger partial charge on any atom is -0.507 e. The largest absolute Gasteiger partial charge is 0.507 e. The Kier molecular flexibility index (Phi) is 3.92. The first-order valence-corrected chi connectivity index (χ1v) is 6.36. The van der Waals surface area contributed by atoms with Crippen molar-refractivity contribution < 1.29 is 19.0 Å². The Morgan fingerprint density at radius 1 is 1.47 bits per heavy atom. The predicted molar refractivity (Wildman–Crippen MR) is 71.2 cm³/mol. The fourth-order valence-electron chi connectivity index (χ4n) is 2.01. The molecule has 0 aliphatic carbocycles. The normalized spacial score (nSPS) is 23.9. The van der Waals surface area contributed by atoms with Gasteiger partial charge in [-0.3, -0.25) is 0 Å². The number of phenols is 1. The maximum atomic E-state index is 13.1. The van der Waals surface area contributed by atoms with E-state index >= 15 is 0 Å². The molecule has 0 radical (unpaired) electrons. The van der Waals surface area contributed by atoms with Crippen molar-refractivity contribution in [3.8, 4) is 5.75 Å². The van der Waals surface area contributed by atoms with Crippen LogP contribution < -0.4 is 0 Å². The molecule has 1 aromatic rings. The minimum absolute atomic E-state index is 0.0260. The van der Waals surface area contributed by atoms with E-state index in [1.54, 1.807) is 6.08 Å². The average molecular weight is 266 g/mol. The summed E-state index contributed by atoms with van der Waals surface area (Å²) in [6.07, 6.45) is 3.57. The summed E-state index contributed by atoms with van der Waals surface area (Å²) >= 11 is 0. The van der Waals surface area contributed by atoms with Crippen molar-refractivity contribution >= 4 is 6.08 Å². The number of rotatable bonds is 3. The molecule has 0 spiro atoms. The number of halogens is 1. The summed E-state index contributed by atoms with van der Waals surface area (Å²) in [4.78, 5) is 0. The van der Waals surface area contributed by atoms with Gasteiger partial charge in [0.15, 0.2) is 5.79 Å². The highest BCUT2D eigenvalue weighted by atomic mass is 19.1. The third-order valence-electron chi connectivity index (χ3n) is 3.19. The Morgan fingerprint density at radius 3 is 2.84 bits per heavy atom. The number of ether oxygens (including phenoxy) is 2. The van der Waals surface area contributed by atoms with E-state index in [1.165, 1.54) is 18.2 Å². The number of phenolic OH excluding ortho intramolecular Hbond substituents is 1. The van der Waals surface area contributed by atoms with Crippen LogP contribution in [0.25, 0.3) is 6.08 Å². The zero-order valence-corrected chi connectivity index (χ0v) is 11.4. The van der Waals surface area contributed by atoms with E-state index in [0.717, 1.165) is 0 Å². The quantitative estimate of drug-likeness (QED) is 0.912. The third-order valence-corrected chi connectivity index (χ3v) is 3.19. The molecule has 0 saturated carbocycles. The van der Waals surface area contributed by atoms with E-state index in [9.17, 15) is 9.50 Å². The van der Waals surface area contributed by atoms with E-state index in [2.05, 4.69) is 0 Å². The summed E-state index contributed by atoms with van der Waals surface area (Å²) in [5.41, 5.74) is 0.463. The Morgan fingerprint density at radius 2 is 2.21 bits per heavy atom. The molecule has 2 atom stereocenters. The van der Waals surface area contributed by atoms with E-state index in [-0.39, 0.29) is 23.6 Å². The first-order valence-electron chi connectivity index (χ1n) is 6.36. The Hall–Kier alpha value is -1.39. The van der Waals surface area contributed by atoms with Crippen molar-refractivity contribution in [2.75, 3.05) is 6.61 Å². The van der Waals surface area contributed by atoms with Gasteiger partial charge >= 0.3 is 0 Å². The van der Waals surface area contributed by atoms with Crippen molar-refractivity contribution in [2.24, 2.45) is 5.92 Å². The van der Waals surface area contributed by atoms with Crippen molar-refractivity contribution in [3.63, 3.8) is 0 Å². The smallest absolute Gasteiger partial charge is 0.163 e. The highest BCUT2D eigenvalue weighted by Gasteiger charge is 2.34. The maximum Gasteiger partial charge on any atom is 0.163 e. The van der Waals surface area contributed by atoms with Gasteiger partial charge in [0.25, 0.3) is 0 Å². The molecule has 1 fully saturated rings. The van der Waals surface area contributed by atoms with Crippen LogP contribution in [0, 0.1) is 11.7 Å². The fourth-order valence-corrected chi connectivity index (χ4v) is 2.01. The lowest BCUT2D eigenvalue weighted by Gasteiger charge is -2.19. The first kappa shape index (κ1) is 14.0. The Bertz CT molecular complexity index is 482. The summed E-state index contributed by atoms with van der Waals surface area (Å²) in [5.74, 6) is -0.738. The van der Waals surface area contributed by atoms with Crippen LogP contribution in [-0.2, 0) is 9.47 Å². The van der Waals surface area contributed by atoms with Crippen LogP contribution in [0.2, 0.25) is 0 Å². The highest BCUT2D eigenvalue weighted by molar-refractivity contribution is 5.56. The second-order valence-corrected chi connectivity index (χ2v) is 5.29. The Balaban J connectivity index is 2.04. The molecule has 1 aliphatic heterocycles. The van der Waals surface area contributed by atoms with Gasteiger partial charge < -0.3 is 14.6 Å². The summed E-state index contributed by atoms with van der Waals surface area (Å²) < 4.78 is 24.3. The molecule has 1 unspecified atom stereocenters. The van der Waals surface area contributed by atoms with Gasteiger partial charge in [-0.2, -0.15) is 0 Å². The van der Waals surface area contributed by atoms with Crippen LogP contribution in [-0.4, -0.2) is 23.6 Å². The van der Waals surface area contributed by atoms with E-state index in [1.807, 2.05) is 26.8 Å². The van der Waals surface area contributed by atoms with Crippen molar-refractivity contribution in [3.05, 3.63) is 35.7 Å². The van der Waals surface area contributed by atoms with Gasteiger partial charge in [0.1, 0.15) is 11.6 Å². The standard InChI is InChI=1S/C15H19FO3/c1-10(14-9-18-15(2,3)19-14)4-5-11-8-12(16)6-7-13(11)17/h4-8,10,14,17H,9H2,1-3H3/b5-4-/t10?,14-/m0/s1. The number of aromatic hydroxyl groups is 1. The van der Waals surface area contributed by atoms with Crippen LogP contribution in [0.5, 0.6) is 5.75 Å². The topological polar surface area (TPSA) is 38.7 Å². The summed E-state index contributed by atoms with van der Waals surface area (Å²) in [7, 11) is 0. The van der Waals surface area contributed by atoms with Crippen LogP contribution >= 0.6 is 0 Å². The van der Waals surface area contributed by atoms with Gasteiger partial charge in [0.05, 0.1) is 12.7 Å². The first-order chi connectivity index (χ1) is 8.87. The lowest BCUT2D eigenvalue weighted by molar-refractivity contribution is -0.141. The lowest BCUT2D eigenvalue weighted by Crippen LogP contribution is -2.24. The van der Waals surface area contributed by atoms with Crippen molar-refractivity contribution in [1.29, 1.82) is 0 Å². The zero-order chi connectivity index (χ0) is 14.0. The molecule has 1 heterocycles. The fraction of sp³-hybridized carbons (Fsp3) is 0.467. The van der Waals surface area contributed by atoms with Crippen LogP contribution in [0.1, 0.15) is 26.3 Å². The van der Waals surface area contributed by atoms with E-state index < -0.39 is 5.79 Å². The van der Waals surface area contributed by atoms with Gasteiger partial charge in [-0.15, -0.1) is 0 Å². The van der Waals surface area contributed by atoms with Gasteiger partial charge in [-0.1, -0.05) is 19.1 Å². The summed E-state index contributed by atoms with van der Waals surface area (Å²) in [6, 6.07) is 3.87. The highest BCUT2D eigenvalue weighted by Crippen LogP contribution is 2.28. The van der Waals surface area contributed by atoms with Gasteiger partial charge in [0.2, 0.25) is 0 Å². The minimum atomic E-state index is -0.548. The average Bonchev–Trinajstić information content (AvgIpc) is 2.70.